The van der Waals surface area contributed by atoms with Crippen molar-refractivity contribution in [3.8, 4) is 0 Å². The smallest absolute Gasteiger partial charge is 0.308 e. The number of likely N-dealkylation sites (tertiary alicyclic amines) is 1. The van der Waals surface area contributed by atoms with Crippen LogP contribution in [0.1, 0.15) is 55.6 Å². The molecule has 1 aromatic rings. The Kier molecular flexibility index (Phi) is 5.47. The maximum atomic E-state index is 12.7. The van der Waals surface area contributed by atoms with Crippen LogP contribution in [-0.2, 0) is 11.8 Å². The van der Waals surface area contributed by atoms with Crippen molar-refractivity contribution in [2.75, 3.05) is 13.1 Å². The lowest BCUT2D eigenvalue weighted by atomic mass is 9.92. The molecule has 24 heavy (non-hydrogen) atoms. The summed E-state index contributed by atoms with van der Waals surface area (Å²) < 4.78 is 1.51. The maximum Gasteiger partial charge on any atom is 0.308 e. The minimum absolute atomic E-state index is 0.0461. The zero-order valence-electron chi connectivity index (χ0n) is 14.8. The van der Waals surface area contributed by atoms with Crippen LogP contribution in [0.15, 0.2) is 16.9 Å². The van der Waals surface area contributed by atoms with E-state index in [1.807, 2.05) is 20.8 Å². The minimum Gasteiger partial charge on any atom is -0.481 e. The number of pyridine rings is 1. The zero-order valence-corrected chi connectivity index (χ0v) is 14.8. The van der Waals surface area contributed by atoms with E-state index in [9.17, 15) is 19.5 Å². The van der Waals surface area contributed by atoms with Crippen LogP contribution in [0.5, 0.6) is 0 Å². The lowest BCUT2D eigenvalue weighted by molar-refractivity contribution is -0.142. The van der Waals surface area contributed by atoms with Crippen molar-refractivity contribution in [3.63, 3.8) is 0 Å². The van der Waals surface area contributed by atoms with Crippen molar-refractivity contribution < 1.29 is 14.7 Å². The van der Waals surface area contributed by atoms with E-state index in [0.29, 0.717) is 6.54 Å². The number of aliphatic carboxylic acids is 1. The Morgan fingerprint density at radius 1 is 1.29 bits per heavy atom. The summed E-state index contributed by atoms with van der Waals surface area (Å²) in [5.41, 5.74) is 0.658. The number of amides is 1. The molecule has 6 nitrogen and oxygen atoms in total. The highest BCUT2D eigenvalue weighted by molar-refractivity contribution is 5.94. The SMILES string of the molecule is CCCC1CN(C(=O)c2ccc(C(C)C)n(C)c2=O)CC1C(=O)O. The van der Waals surface area contributed by atoms with Crippen molar-refractivity contribution in [1.82, 2.24) is 9.47 Å². The number of hydrogen-bond acceptors (Lipinski definition) is 3. The molecule has 1 aliphatic rings. The highest BCUT2D eigenvalue weighted by Gasteiger charge is 2.39. The third-order valence-electron chi connectivity index (χ3n) is 4.87. The average Bonchev–Trinajstić information content (AvgIpc) is 2.93. The van der Waals surface area contributed by atoms with E-state index in [1.165, 1.54) is 9.47 Å². The lowest BCUT2D eigenvalue weighted by Crippen LogP contribution is -2.36. The van der Waals surface area contributed by atoms with Crippen LogP contribution in [0.3, 0.4) is 0 Å². The number of carboxylic acid groups (broad SMARTS) is 1. The average molecular weight is 334 g/mol. The van der Waals surface area contributed by atoms with Crippen molar-refractivity contribution in [2.45, 2.75) is 39.5 Å². The van der Waals surface area contributed by atoms with E-state index in [-0.39, 0.29) is 35.4 Å². The van der Waals surface area contributed by atoms with Gasteiger partial charge in [0.25, 0.3) is 11.5 Å². The van der Waals surface area contributed by atoms with Gasteiger partial charge in [0, 0.05) is 25.8 Å². The molecule has 1 N–H and O–H groups in total. The number of rotatable bonds is 5. The highest BCUT2D eigenvalue weighted by Crippen LogP contribution is 2.28. The fraction of sp³-hybridized carbons (Fsp3) is 0.611. The summed E-state index contributed by atoms with van der Waals surface area (Å²) in [7, 11) is 1.67. The molecule has 2 rings (SSSR count). The third kappa shape index (κ3) is 3.37. The van der Waals surface area contributed by atoms with Gasteiger partial charge in [0.05, 0.1) is 5.92 Å². The van der Waals surface area contributed by atoms with Gasteiger partial charge in [-0.15, -0.1) is 0 Å². The summed E-state index contributed by atoms with van der Waals surface area (Å²) in [6, 6.07) is 3.37. The molecule has 2 heterocycles. The number of hydrogen-bond donors (Lipinski definition) is 1. The molecular formula is C18H26N2O4. The van der Waals surface area contributed by atoms with Gasteiger partial charge in [-0.05, 0) is 30.4 Å². The molecular weight excluding hydrogens is 308 g/mol. The predicted molar refractivity (Wildman–Crippen MR) is 91.2 cm³/mol. The van der Waals surface area contributed by atoms with Gasteiger partial charge in [0.2, 0.25) is 0 Å². The third-order valence-corrected chi connectivity index (χ3v) is 4.87. The quantitative estimate of drug-likeness (QED) is 0.894. The van der Waals surface area contributed by atoms with Gasteiger partial charge < -0.3 is 14.6 Å². The number of aromatic nitrogens is 1. The summed E-state index contributed by atoms with van der Waals surface area (Å²) in [6.07, 6.45) is 1.65. The summed E-state index contributed by atoms with van der Waals surface area (Å²) >= 11 is 0. The molecule has 132 valence electrons. The molecule has 1 fully saturated rings. The molecule has 0 spiro atoms. The van der Waals surface area contributed by atoms with Gasteiger partial charge in [0.1, 0.15) is 5.56 Å². The molecule has 2 unspecified atom stereocenters. The Morgan fingerprint density at radius 3 is 2.50 bits per heavy atom. The normalized spacial score (nSPS) is 20.6. The lowest BCUT2D eigenvalue weighted by Gasteiger charge is -2.18. The number of carbonyl (C=O) groups is 2. The Bertz CT molecular complexity index is 693. The van der Waals surface area contributed by atoms with Crippen molar-refractivity contribution in [1.29, 1.82) is 0 Å². The Morgan fingerprint density at radius 2 is 1.96 bits per heavy atom. The molecule has 0 saturated carbocycles. The van der Waals surface area contributed by atoms with E-state index < -0.39 is 11.9 Å². The zero-order chi connectivity index (χ0) is 18.0. The van der Waals surface area contributed by atoms with Crippen LogP contribution in [0.25, 0.3) is 0 Å². The summed E-state index contributed by atoms with van der Waals surface area (Å²) in [4.78, 5) is 38.2. The maximum absolute atomic E-state index is 12.7. The van der Waals surface area contributed by atoms with Crippen LogP contribution >= 0.6 is 0 Å². The van der Waals surface area contributed by atoms with E-state index in [1.54, 1.807) is 19.2 Å². The molecule has 1 aromatic heterocycles. The number of carboxylic acids is 1. The first-order valence-corrected chi connectivity index (χ1v) is 8.49. The Hall–Kier alpha value is -2.11. The molecule has 0 bridgehead atoms. The molecule has 1 saturated heterocycles. The molecule has 1 amide bonds. The van der Waals surface area contributed by atoms with Gasteiger partial charge in [-0.25, -0.2) is 0 Å². The van der Waals surface area contributed by atoms with E-state index in [0.717, 1.165) is 18.5 Å². The van der Waals surface area contributed by atoms with E-state index in [2.05, 4.69) is 0 Å². The Balaban J connectivity index is 2.28. The first-order chi connectivity index (χ1) is 11.3. The first-order valence-electron chi connectivity index (χ1n) is 8.49. The second kappa shape index (κ2) is 7.20. The molecule has 0 aromatic carbocycles. The summed E-state index contributed by atoms with van der Waals surface area (Å²) in [5, 5.41) is 9.37. The van der Waals surface area contributed by atoms with Crippen LogP contribution < -0.4 is 5.56 Å². The fourth-order valence-electron chi connectivity index (χ4n) is 3.54. The number of nitrogens with zero attached hydrogens (tertiary/aromatic N) is 2. The van der Waals surface area contributed by atoms with Gasteiger partial charge in [-0.3, -0.25) is 14.4 Å². The minimum atomic E-state index is -0.869. The van der Waals surface area contributed by atoms with Gasteiger partial charge in [-0.1, -0.05) is 27.2 Å². The molecule has 2 atom stereocenters. The van der Waals surface area contributed by atoms with Crippen LogP contribution in [-0.4, -0.2) is 39.5 Å². The topological polar surface area (TPSA) is 79.6 Å². The molecule has 0 aliphatic carbocycles. The van der Waals surface area contributed by atoms with Crippen molar-refractivity contribution in [3.05, 3.63) is 33.7 Å². The van der Waals surface area contributed by atoms with Gasteiger partial charge in [-0.2, -0.15) is 0 Å². The fourth-order valence-corrected chi connectivity index (χ4v) is 3.54. The van der Waals surface area contributed by atoms with E-state index >= 15 is 0 Å². The second-order valence-corrected chi connectivity index (χ2v) is 6.89. The van der Waals surface area contributed by atoms with Gasteiger partial charge in [0.15, 0.2) is 0 Å². The first kappa shape index (κ1) is 18.2. The summed E-state index contributed by atoms with van der Waals surface area (Å²) in [5.74, 6) is -1.64. The molecule has 1 aliphatic heterocycles. The standard InChI is InChI=1S/C18H26N2O4/c1-5-6-12-9-20(10-14(12)18(23)24)17(22)13-7-8-15(11(2)3)19(4)16(13)21/h7-8,11-12,14H,5-6,9-10H2,1-4H3,(H,23,24). The van der Waals surface area contributed by atoms with Crippen LogP contribution in [0, 0.1) is 11.8 Å². The largest absolute Gasteiger partial charge is 0.481 e. The number of carbonyl (C=O) groups excluding carboxylic acids is 1. The van der Waals surface area contributed by atoms with Crippen LogP contribution in [0.2, 0.25) is 0 Å². The molecule has 6 heteroatoms. The molecule has 0 radical (unpaired) electrons. The monoisotopic (exact) mass is 334 g/mol. The predicted octanol–water partition coefficient (Wildman–Crippen LogP) is 2.08. The van der Waals surface area contributed by atoms with Crippen molar-refractivity contribution in [2.24, 2.45) is 18.9 Å². The summed E-state index contributed by atoms with van der Waals surface area (Å²) in [6.45, 7) is 6.56. The second-order valence-electron chi connectivity index (χ2n) is 6.89. The highest BCUT2D eigenvalue weighted by atomic mass is 16.4. The Labute approximate surface area is 142 Å². The van der Waals surface area contributed by atoms with E-state index in [4.69, 9.17) is 0 Å². The van der Waals surface area contributed by atoms with Crippen molar-refractivity contribution >= 4 is 11.9 Å². The van der Waals surface area contributed by atoms with Crippen LogP contribution in [0.4, 0.5) is 0 Å². The van der Waals surface area contributed by atoms with Gasteiger partial charge >= 0.3 is 5.97 Å².